The van der Waals surface area contributed by atoms with Crippen LogP contribution in [0.15, 0.2) is 42.5 Å². The minimum atomic E-state index is -0.557. The number of nitro groups is 1. The average molecular weight is 308 g/mol. The number of ether oxygens (including phenoxy) is 2. The minimum absolute atomic E-state index is 0.0730. The Morgan fingerprint density at radius 1 is 1.19 bits per heavy atom. The molecule has 0 aliphatic heterocycles. The maximum atomic E-state index is 11.6. The Kier molecular flexibility index (Phi) is 4.39. The van der Waals surface area contributed by atoms with Gasteiger partial charge >= 0.3 is 5.97 Å². The van der Waals surface area contributed by atoms with Gasteiger partial charge in [0.25, 0.3) is 5.69 Å². The molecule has 21 heavy (non-hydrogen) atoms. The van der Waals surface area contributed by atoms with Crippen molar-refractivity contribution in [2.24, 2.45) is 0 Å². The summed E-state index contributed by atoms with van der Waals surface area (Å²) in [5.74, 6) is -0.0950. The summed E-state index contributed by atoms with van der Waals surface area (Å²) < 4.78 is 10.2. The number of rotatable bonds is 4. The number of hydrogen-bond acceptors (Lipinski definition) is 5. The fourth-order valence-corrected chi connectivity index (χ4v) is 1.85. The highest BCUT2D eigenvalue weighted by Crippen LogP contribution is 2.33. The number of halogens is 1. The van der Waals surface area contributed by atoms with E-state index >= 15 is 0 Å². The third-order valence-electron chi connectivity index (χ3n) is 2.64. The monoisotopic (exact) mass is 307 g/mol. The SMILES string of the molecule is COC(=O)c1ccccc1Oc1ccc([N+](=O)[O-])cc1Cl. The van der Waals surface area contributed by atoms with Gasteiger partial charge < -0.3 is 9.47 Å². The van der Waals surface area contributed by atoms with Crippen molar-refractivity contribution < 1.29 is 19.2 Å². The van der Waals surface area contributed by atoms with Crippen molar-refractivity contribution in [1.82, 2.24) is 0 Å². The van der Waals surface area contributed by atoms with Gasteiger partial charge in [-0.1, -0.05) is 23.7 Å². The lowest BCUT2D eigenvalue weighted by Crippen LogP contribution is -2.03. The lowest BCUT2D eigenvalue weighted by Gasteiger charge is -2.10. The summed E-state index contributed by atoms with van der Waals surface area (Å²) in [6.07, 6.45) is 0. The van der Waals surface area contributed by atoms with Crippen LogP contribution in [0.1, 0.15) is 10.4 Å². The Morgan fingerprint density at radius 3 is 2.52 bits per heavy atom. The lowest BCUT2D eigenvalue weighted by molar-refractivity contribution is -0.384. The molecule has 2 aromatic carbocycles. The van der Waals surface area contributed by atoms with Crippen molar-refractivity contribution in [3.8, 4) is 11.5 Å². The fraction of sp³-hybridized carbons (Fsp3) is 0.0714. The number of nitro benzene ring substituents is 1. The van der Waals surface area contributed by atoms with E-state index in [0.717, 1.165) is 0 Å². The van der Waals surface area contributed by atoms with E-state index in [1.165, 1.54) is 25.3 Å². The molecule has 0 saturated heterocycles. The van der Waals surface area contributed by atoms with Crippen LogP contribution in [0.5, 0.6) is 11.5 Å². The van der Waals surface area contributed by atoms with Crippen molar-refractivity contribution in [3.63, 3.8) is 0 Å². The second-order valence-electron chi connectivity index (χ2n) is 3.96. The number of hydrogen-bond donors (Lipinski definition) is 0. The van der Waals surface area contributed by atoms with Gasteiger partial charge in [-0.25, -0.2) is 4.79 Å². The molecule has 2 aromatic rings. The third kappa shape index (κ3) is 3.29. The number of carbonyl (C=O) groups is 1. The van der Waals surface area contributed by atoms with Crippen LogP contribution in [0, 0.1) is 10.1 Å². The zero-order chi connectivity index (χ0) is 15.4. The molecule has 0 saturated carbocycles. The average Bonchev–Trinajstić information content (AvgIpc) is 2.49. The number of non-ortho nitro benzene ring substituents is 1. The van der Waals surface area contributed by atoms with E-state index in [-0.39, 0.29) is 27.8 Å². The highest BCUT2D eigenvalue weighted by Gasteiger charge is 2.15. The molecule has 0 amide bonds. The quantitative estimate of drug-likeness (QED) is 0.487. The number of esters is 1. The minimum Gasteiger partial charge on any atom is -0.465 e. The zero-order valence-corrected chi connectivity index (χ0v) is 11.7. The van der Waals surface area contributed by atoms with Crippen LogP contribution < -0.4 is 4.74 Å². The molecule has 7 heteroatoms. The van der Waals surface area contributed by atoms with E-state index in [0.29, 0.717) is 0 Å². The predicted molar refractivity (Wildman–Crippen MR) is 76.0 cm³/mol. The molecule has 0 aromatic heterocycles. The molecule has 0 aliphatic rings. The van der Waals surface area contributed by atoms with Gasteiger partial charge in [0.15, 0.2) is 0 Å². The molecule has 6 nitrogen and oxygen atoms in total. The Hall–Kier alpha value is -2.60. The van der Waals surface area contributed by atoms with Crippen molar-refractivity contribution in [3.05, 3.63) is 63.2 Å². The zero-order valence-electron chi connectivity index (χ0n) is 10.9. The summed E-state index contributed by atoms with van der Waals surface area (Å²) in [5.41, 5.74) is 0.0861. The van der Waals surface area contributed by atoms with Gasteiger partial charge in [-0.2, -0.15) is 0 Å². The van der Waals surface area contributed by atoms with Gasteiger partial charge in [0.1, 0.15) is 17.1 Å². The van der Waals surface area contributed by atoms with Crippen LogP contribution in [0.4, 0.5) is 5.69 Å². The van der Waals surface area contributed by atoms with E-state index in [1.807, 2.05) is 0 Å². The second-order valence-corrected chi connectivity index (χ2v) is 4.37. The summed E-state index contributed by atoms with van der Waals surface area (Å²) in [6.45, 7) is 0. The number of methoxy groups -OCH3 is 1. The van der Waals surface area contributed by atoms with Gasteiger partial charge in [0.05, 0.1) is 17.1 Å². The molecular formula is C14H10ClNO5. The Morgan fingerprint density at radius 2 is 1.90 bits per heavy atom. The van der Waals surface area contributed by atoms with Crippen LogP contribution in [0.3, 0.4) is 0 Å². The molecule has 0 aliphatic carbocycles. The number of benzene rings is 2. The van der Waals surface area contributed by atoms with Crippen LogP contribution in [0.25, 0.3) is 0 Å². The highest BCUT2D eigenvalue weighted by atomic mass is 35.5. The van der Waals surface area contributed by atoms with E-state index in [1.54, 1.807) is 24.3 Å². The Labute approximate surface area is 125 Å². The molecule has 0 heterocycles. The maximum Gasteiger partial charge on any atom is 0.341 e. The molecule has 2 rings (SSSR count). The first-order valence-electron chi connectivity index (χ1n) is 5.82. The smallest absolute Gasteiger partial charge is 0.341 e. The van der Waals surface area contributed by atoms with Crippen molar-refractivity contribution in [2.75, 3.05) is 7.11 Å². The largest absolute Gasteiger partial charge is 0.465 e. The molecule has 0 atom stereocenters. The Bertz CT molecular complexity index is 702. The van der Waals surface area contributed by atoms with Gasteiger partial charge in [-0.3, -0.25) is 10.1 Å². The normalized spacial score (nSPS) is 10.0. The molecular weight excluding hydrogens is 298 g/mol. The molecule has 0 spiro atoms. The fourth-order valence-electron chi connectivity index (χ4n) is 1.64. The molecule has 0 radical (unpaired) electrons. The van der Waals surface area contributed by atoms with Crippen LogP contribution >= 0.6 is 11.6 Å². The number of para-hydroxylation sites is 1. The van der Waals surface area contributed by atoms with Crippen LogP contribution in [-0.4, -0.2) is 18.0 Å². The topological polar surface area (TPSA) is 78.7 Å². The molecule has 0 fully saturated rings. The number of carbonyl (C=O) groups excluding carboxylic acids is 1. The molecule has 108 valence electrons. The first-order chi connectivity index (χ1) is 10.0. The van der Waals surface area contributed by atoms with Crippen LogP contribution in [-0.2, 0) is 4.74 Å². The molecule has 0 N–H and O–H groups in total. The molecule has 0 bridgehead atoms. The third-order valence-corrected chi connectivity index (χ3v) is 2.93. The van der Waals surface area contributed by atoms with E-state index in [2.05, 4.69) is 4.74 Å². The maximum absolute atomic E-state index is 11.6. The molecule has 0 unspecified atom stereocenters. The summed E-state index contributed by atoms with van der Waals surface area (Å²) in [4.78, 5) is 21.7. The second kappa shape index (κ2) is 6.23. The predicted octanol–water partition coefficient (Wildman–Crippen LogP) is 3.83. The van der Waals surface area contributed by atoms with Crippen LogP contribution in [0.2, 0.25) is 5.02 Å². The van der Waals surface area contributed by atoms with E-state index in [4.69, 9.17) is 16.3 Å². The first-order valence-corrected chi connectivity index (χ1v) is 6.20. The van der Waals surface area contributed by atoms with E-state index in [9.17, 15) is 14.9 Å². The lowest BCUT2D eigenvalue weighted by atomic mass is 10.2. The number of nitrogens with zero attached hydrogens (tertiary/aromatic N) is 1. The summed E-state index contributed by atoms with van der Waals surface area (Å²) in [5, 5.41) is 10.7. The van der Waals surface area contributed by atoms with Gasteiger partial charge in [-0.15, -0.1) is 0 Å². The van der Waals surface area contributed by atoms with Crippen molar-refractivity contribution in [2.45, 2.75) is 0 Å². The van der Waals surface area contributed by atoms with E-state index < -0.39 is 10.9 Å². The summed E-state index contributed by atoms with van der Waals surface area (Å²) in [6, 6.07) is 10.3. The van der Waals surface area contributed by atoms with Gasteiger partial charge in [-0.05, 0) is 18.2 Å². The highest BCUT2D eigenvalue weighted by molar-refractivity contribution is 6.32. The van der Waals surface area contributed by atoms with Gasteiger partial charge in [0, 0.05) is 12.1 Å². The van der Waals surface area contributed by atoms with Crippen molar-refractivity contribution in [1.29, 1.82) is 0 Å². The first kappa shape index (κ1) is 14.8. The standard InChI is InChI=1S/C14H10ClNO5/c1-20-14(17)10-4-2-3-5-12(10)21-13-7-6-9(16(18)19)8-11(13)15/h2-8H,1H3. The summed E-state index contributed by atoms with van der Waals surface area (Å²) >= 11 is 5.94. The van der Waals surface area contributed by atoms with Gasteiger partial charge in [0.2, 0.25) is 0 Å². The summed E-state index contributed by atoms with van der Waals surface area (Å²) in [7, 11) is 1.26. The van der Waals surface area contributed by atoms with Crippen molar-refractivity contribution >= 4 is 23.3 Å². The Balaban J connectivity index is 2.35.